The van der Waals surface area contributed by atoms with E-state index in [0.29, 0.717) is 6.54 Å². The molecule has 0 atom stereocenters. The highest BCUT2D eigenvalue weighted by molar-refractivity contribution is 8.00. The van der Waals surface area contributed by atoms with Gasteiger partial charge in [0.05, 0.1) is 6.61 Å². The van der Waals surface area contributed by atoms with Crippen molar-refractivity contribution in [2.75, 3.05) is 32.0 Å². The second kappa shape index (κ2) is 5.10. The van der Waals surface area contributed by atoms with Crippen LogP contribution in [0.3, 0.4) is 0 Å². The van der Waals surface area contributed by atoms with Gasteiger partial charge >= 0.3 is 6.03 Å². The summed E-state index contributed by atoms with van der Waals surface area (Å²) in [5.41, 5.74) is 0. The van der Waals surface area contributed by atoms with Gasteiger partial charge in [-0.15, -0.1) is 18.3 Å². The molecular weight excluding hydrogens is 224 g/mol. The van der Waals surface area contributed by atoms with Crippen LogP contribution in [0.2, 0.25) is 0 Å². The van der Waals surface area contributed by atoms with Crippen LogP contribution in [-0.2, 0) is 4.74 Å². The van der Waals surface area contributed by atoms with Gasteiger partial charge in [-0.05, 0) is 0 Å². The lowest BCUT2D eigenvalue weighted by Gasteiger charge is -2.37. The van der Waals surface area contributed by atoms with Gasteiger partial charge in [-0.3, -0.25) is 0 Å². The second-order valence-electron chi connectivity index (χ2n) is 4.07. The molecule has 0 radical (unpaired) electrons. The summed E-state index contributed by atoms with van der Waals surface area (Å²) in [5.74, 6) is 1.09. The number of carbonyl (C=O) groups excluding carboxylic acids is 1. The number of nitrogens with one attached hydrogen (secondary N) is 1. The molecule has 2 aliphatic heterocycles. The Morgan fingerprint density at radius 3 is 2.88 bits per heavy atom. The molecule has 2 rings (SSSR count). The van der Waals surface area contributed by atoms with Crippen molar-refractivity contribution >= 4 is 17.8 Å². The topological polar surface area (TPSA) is 41.6 Å². The largest absolute Gasteiger partial charge is 0.363 e. The lowest BCUT2D eigenvalue weighted by molar-refractivity contribution is 0.00953. The number of thioether (sulfide) groups is 1. The van der Waals surface area contributed by atoms with Crippen molar-refractivity contribution in [2.45, 2.75) is 17.8 Å². The number of carbonyl (C=O) groups is 1. The Balaban J connectivity index is 1.80. The molecule has 90 valence electrons. The fourth-order valence-electron chi connectivity index (χ4n) is 2.11. The van der Waals surface area contributed by atoms with Crippen molar-refractivity contribution in [2.24, 2.45) is 0 Å². The Morgan fingerprint density at radius 1 is 1.56 bits per heavy atom. The zero-order valence-electron chi connectivity index (χ0n) is 9.41. The molecule has 0 aromatic carbocycles. The summed E-state index contributed by atoms with van der Waals surface area (Å²) in [6.07, 6.45) is 3.58. The Labute approximate surface area is 100 Å². The predicted octanol–water partition coefficient (Wildman–Crippen LogP) is 1.44. The Morgan fingerprint density at radius 2 is 2.31 bits per heavy atom. The number of piperidine rings is 1. The predicted molar refractivity (Wildman–Crippen MR) is 65.5 cm³/mol. The maximum absolute atomic E-state index is 11.7. The van der Waals surface area contributed by atoms with Crippen molar-refractivity contribution in [3.63, 3.8) is 0 Å². The van der Waals surface area contributed by atoms with Crippen molar-refractivity contribution in [3.8, 4) is 0 Å². The van der Waals surface area contributed by atoms with Crippen molar-refractivity contribution in [1.82, 2.24) is 10.2 Å². The van der Waals surface area contributed by atoms with E-state index in [1.54, 1.807) is 6.08 Å². The molecular formula is C11H18N2O2S. The first-order valence-electron chi connectivity index (χ1n) is 5.67. The number of amides is 2. The Kier molecular flexibility index (Phi) is 3.76. The maximum atomic E-state index is 11.7. The molecule has 0 saturated carbocycles. The average molecular weight is 242 g/mol. The molecule has 0 aliphatic carbocycles. The Bertz CT molecular complexity index is 267. The molecule has 2 fully saturated rings. The fraction of sp³-hybridized carbons (Fsp3) is 0.727. The van der Waals surface area contributed by atoms with E-state index in [-0.39, 0.29) is 11.0 Å². The average Bonchev–Trinajstić information content (AvgIpc) is 2.75. The highest BCUT2D eigenvalue weighted by atomic mass is 32.2. The van der Waals surface area contributed by atoms with Crippen LogP contribution in [0.15, 0.2) is 12.7 Å². The highest BCUT2D eigenvalue weighted by Gasteiger charge is 2.40. The molecule has 0 aromatic rings. The minimum atomic E-state index is 0.00914. The minimum absolute atomic E-state index is 0.00914. The zero-order chi connectivity index (χ0) is 11.4. The van der Waals surface area contributed by atoms with Crippen LogP contribution in [0.4, 0.5) is 4.79 Å². The van der Waals surface area contributed by atoms with Crippen molar-refractivity contribution in [3.05, 3.63) is 12.7 Å². The molecule has 1 N–H and O–H groups in total. The maximum Gasteiger partial charge on any atom is 0.317 e. The summed E-state index contributed by atoms with van der Waals surface area (Å²) in [6.45, 7) is 6.54. The van der Waals surface area contributed by atoms with E-state index < -0.39 is 0 Å². The molecule has 0 unspecified atom stereocenters. The van der Waals surface area contributed by atoms with Gasteiger partial charge < -0.3 is 15.0 Å². The van der Waals surface area contributed by atoms with Gasteiger partial charge in [-0.25, -0.2) is 4.79 Å². The van der Waals surface area contributed by atoms with Crippen LogP contribution in [0, 0.1) is 0 Å². The number of hydrogen-bond acceptors (Lipinski definition) is 3. The first-order valence-corrected chi connectivity index (χ1v) is 6.66. The molecule has 0 aromatic heterocycles. The third-order valence-electron chi connectivity index (χ3n) is 3.02. The molecule has 2 heterocycles. The van der Waals surface area contributed by atoms with Gasteiger partial charge in [0.1, 0.15) is 4.93 Å². The first-order chi connectivity index (χ1) is 7.76. The number of nitrogens with zero attached hydrogens (tertiary/aromatic N) is 1. The van der Waals surface area contributed by atoms with Crippen molar-refractivity contribution in [1.29, 1.82) is 0 Å². The van der Waals surface area contributed by atoms with Crippen LogP contribution < -0.4 is 5.32 Å². The summed E-state index contributed by atoms with van der Waals surface area (Å²) in [6, 6.07) is 0.0118. The standard InChI is InChI=1S/C11H18N2O2S/c1-2-5-12-10(14)13-6-3-11(4-7-13)15-8-9-16-11/h2H,1,3-9H2,(H,12,14). The van der Waals surface area contributed by atoms with Crippen LogP contribution >= 0.6 is 11.8 Å². The summed E-state index contributed by atoms with van der Waals surface area (Å²) in [7, 11) is 0. The number of hydrogen-bond donors (Lipinski definition) is 1. The SMILES string of the molecule is C=CCNC(=O)N1CCC2(CC1)OCCS2. The smallest absolute Gasteiger partial charge is 0.317 e. The van der Waals surface area contributed by atoms with E-state index >= 15 is 0 Å². The highest BCUT2D eigenvalue weighted by Crippen LogP contribution is 2.41. The molecule has 2 aliphatic rings. The number of likely N-dealkylation sites (tertiary alicyclic amines) is 1. The zero-order valence-corrected chi connectivity index (χ0v) is 10.2. The molecule has 2 amide bonds. The van der Waals surface area contributed by atoms with Crippen molar-refractivity contribution < 1.29 is 9.53 Å². The van der Waals surface area contributed by atoms with Gasteiger partial charge in [-0.2, -0.15) is 0 Å². The van der Waals surface area contributed by atoms with Gasteiger partial charge in [0.15, 0.2) is 0 Å². The molecule has 16 heavy (non-hydrogen) atoms. The van der Waals surface area contributed by atoms with E-state index in [2.05, 4.69) is 11.9 Å². The monoisotopic (exact) mass is 242 g/mol. The van der Waals surface area contributed by atoms with Crippen LogP contribution in [0.5, 0.6) is 0 Å². The number of ether oxygens (including phenoxy) is 1. The lowest BCUT2D eigenvalue weighted by Crippen LogP contribution is -2.48. The van der Waals surface area contributed by atoms with Gasteiger partial charge in [-0.1, -0.05) is 6.08 Å². The summed E-state index contributed by atoms with van der Waals surface area (Å²) < 4.78 is 5.78. The normalized spacial score (nSPS) is 23.4. The van der Waals surface area contributed by atoms with Crippen LogP contribution in [0.25, 0.3) is 0 Å². The molecule has 2 saturated heterocycles. The lowest BCUT2D eigenvalue weighted by atomic mass is 10.1. The van der Waals surface area contributed by atoms with E-state index in [0.717, 1.165) is 38.3 Å². The van der Waals surface area contributed by atoms with Gasteiger partial charge in [0, 0.05) is 38.2 Å². The van der Waals surface area contributed by atoms with Gasteiger partial charge in [0.2, 0.25) is 0 Å². The summed E-state index contributed by atoms with van der Waals surface area (Å²) in [4.78, 5) is 13.5. The molecule has 1 spiro atoms. The molecule has 4 nitrogen and oxygen atoms in total. The fourth-order valence-corrected chi connectivity index (χ4v) is 3.28. The van der Waals surface area contributed by atoms with Crippen LogP contribution in [-0.4, -0.2) is 47.9 Å². The van der Waals surface area contributed by atoms with Gasteiger partial charge in [0.25, 0.3) is 0 Å². The van der Waals surface area contributed by atoms with E-state index in [1.165, 1.54) is 0 Å². The molecule has 0 bridgehead atoms. The number of urea groups is 1. The van der Waals surface area contributed by atoms with Crippen LogP contribution in [0.1, 0.15) is 12.8 Å². The third kappa shape index (κ3) is 2.52. The van der Waals surface area contributed by atoms with E-state index in [9.17, 15) is 4.79 Å². The van der Waals surface area contributed by atoms with E-state index in [4.69, 9.17) is 4.74 Å². The van der Waals surface area contributed by atoms with E-state index in [1.807, 2.05) is 16.7 Å². The second-order valence-corrected chi connectivity index (χ2v) is 5.51. The summed E-state index contributed by atoms with van der Waals surface area (Å²) in [5, 5.41) is 2.80. The minimum Gasteiger partial charge on any atom is -0.363 e. The number of rotatable bonds is 2. The quantitative estimate of drug-likeness (QED) is 0.745. The third-order valence-corrected chi connectivity index (χ3v) is 4.45. The Hall–Kier alpha value is -0.680. The first kappa shape index (κ1) is 11.8. The molecule has 5 heteroatoms. The summed E-state index contributed by atoms with van der Waals surface area (Å²) >= 11 is 1.90.